The molecule has 88 valence electrons. The third-order valence-electron chi connectivity index (χ3n) is 1.97. The maximum atomic E-state index is 11.1. The Kier molecular flexibility index (Phi) is 3.21. The first kappa shape index (κ1) is 11.7. The number of thiophene rings is 1. The van der Waals surface area contributed by atoms with Gasteiger partial charge in [0.25, 0.3) is 0 Å². The molecule has 2 heterocycles. The molecule has 0 aromatic carbocycles. The van der Waals surface area contributed by atoms with Gasteiger partial charge in [0.05, 0.1) is 5.69 Å². The van der Waals surface area contributed by atoms with Crippen molar-refractivity contribution in [3.05, 3.63) is 27.4 Å². The van der Waals surface area contributed by atoms with E-state index in [0.29, 0.717) is 16.5 Å². The number of carboxylic acid groups (broad SMARTS) is 1. The van der Waals surface area contributed by atoms with E-state index in [2.05, 4.69) is 10.3 Å². The molecule has 2 N–H and O–H groups in total. The van der Waals surface area contributed by atoms with E-state index >= 15 is 0 Å². The zero-order valence-electron chi connectivity index (χ0n) is 8.76. The molecular formula is C10H8N2O3S2. The highest BCUT2D eigenvalue weighted by Crippen LogP contribution is 2.27. The molecule has 2 aromatic rings. The number of rotatable bonds is 4. The number of carbonyl (C=O) groups excluding carboxylic acids is 1. The maximum absolute atomic E-state index is 11.1. The molecule has 0 amide bonds. The molecule has 2 aromatic heterocycles. The van der Waals surface area contributed by atoms with E-state index in [1.807, 2.05) is 0 Å². The molecule has 17 heavy (non-hydrogen) atoms. The summed E-state index contributed by atoms with van der Waals surface area (Å²) in [5.41, 5.74) is 0.872. The summed E-state index contributed by atoms with van der Waals surface area (Å²) in [4.78, 5) is 26.2. The second-order valence-corrected chi connectivity index (χ2v) is 4.96. The summed E-state index contributed by atoms with van der Waals surface area (Å²) in [7, 11) is 0. The minimum atomic E-state index is -0.981. The zero-order valence-corrected chi connectivity index (χ0v) is 10.4. The number of aromatic nitrogens is 1. The van der Waals surface area contributed by atoms with Crippen LogP contribution in [0.5, 0.6) is 0 Å². The average molecular weight is 268 g/mol. The molecule has 0 spiro atoms. The topological polar surface area (TPSA) is 79.3 Å². The molecule has 0 radical (unpaired) electrons. The van der Waals surface area contributed by atoms with Crippen LogP contribution < -0.4 is 5.32 Å². The molecule has 7 heteroatoms. The number of carbonyl (C=O) groups is 2. The summed E-state index contributed by atoms with van der Waals surface area (Å²) < 4.78 is 0. The quantitative estimate of drug-likeness (QED) is 0.833. The van der Waals surface area contributed by atoms with Crippen LogP contribution in [0.1, 0.15) is 27.1 Å². The largest absolute Gasteiger partial charge is 0.477 e. The summed E-state index contributed by atoms with van der Waals surface area (Å²) in [6.45, 7) is 1.44. The average Bonchev–Trinajstić information content (AvgIpc) is 2.86. The number of Topliss-reactive ketones (excluding diaryl/α,β-unsaturated/α-hetero) is 1. The summed E-state index contributed by atoms with van der Waals surface area (Å²) >= 11 is 2.40. The molecule has 0 saturated carbocycles. The van der Waals surface area contributed by atoms with Crippen LogP contribution in [-0.4, -0.2) is 21.8 Å². The number of thiazole rings is 1. The molecular weight excluding hydrogens is 260 g/mol. The third-order valence-corrected chi connectivity index (χ3v) is 3.63. The van der Waals surface area contributed by atoms with Gasteiger partial charge in [-0.05, 0) is 11.4 Å². The van der Waals surface area contributed by atoms with Crippen LogP contribution in [-0.2, 0) is 0 Å². The molecule has 0 bridgehead atoms. The Morgan fingerprint density at radius 1 is 1.41 bits per heavy atom. The second kappa shape index (κ2) is 4.64. The summed E-state index contributed by atoms with van der Waals surface area (Å²) in [5.74, 6) is -1.09. The molecule has 0 aliphatic heterocycles. The molecule has 0 aliphatic rings. The number of ketones is 1. The van der Waals surface area contributed by atoms with Crippen molar-refractivity contribution in [2.24, 2.45) is 0 Å². The number of nitrogens with zero attached hydrogens (tertiary/aromatic N) is 1. The van der Waals surface area contributed by atoms with Crippen molar-refractivity contribution in [2.45, 2.75) is 6.92 Å². The van der Waals surface area contributed by atoms with Gasteiger partial charge in [-0.1, -0.05) is 0 Å². The van der Waals surface area contributed by atoms with Crippen molar-refractivity contribution in [2.75, 3.05) is 5.32 Å². The standard InChI is InChI=1S/C10H8N2O3S2/c1-5(13)7-4-17-10(12-7)11-6-2-3-16-8(6)9(14)15/h2-4H,1H3,(H,11,12)(H,14,15). The Hall–Kier alpha value is -1.73. The summed E-state index contributed by atoms with van der Waals surface area (Å²) in [6, 6.07) is 1.67. The van der Waals surface area contributed by atoms with Gasteiger partial charge in [-0.3, -0.25) is 4.79 Å². The number of hydrogen-bond donors (Lipinski definition) is 2. The van der Waals surface area contributed by atoms with Gasteiger partial charge in [-0.25, -0.2) is 9.78 Å². The van der Waals surface area contributed by atoms with E-state index in [4.69, 9.17) is 5.11 Å². The van der Waals surface area contributed by atoms with Gasteiger partial charge in [0.15, 0.2) is 10.9 Å². The second-order valence-electron chi connectivity index (χ2n) is 3.19. The highest BCUT2D eigenvalue weighted by atomic mass is 32.1. The van der Waals surface area contributed by atoms with Crippen LogP contribution >= 0.6 is 22.7 Å². The van der Waals surface area contributed by atoms with E-state index in [9.17, 15) is 9.59 Å². The van der Waals surface area contributed by atoms with Crippen molar-refractivity contribution in [1.82, 2.24) is 4.98 Å². The lowest BCUT2D eigenvalue weighted by molar-refractivity contribution is 0.0703. The highest BCUT2D eigenvalue weighted by Gasteiger charge is 2.13. The van der Waals surface area contributed by atoms with Gasteiger partial charge in [0, 0.05) is 12.3 Å². The Balaban J connectivity index is 2.22. The van der Waals surface area contributed by atoms with E-state index in [1.54, 1.807) is 16.8 Å². The highest BCUT2D eigenvalue weighted by molar-refractivity contribution is 7.14. The van der Waals surface area contributed by atoms with Crippen molar-refractivity contribution in [3.8, 4) is 0 Å². The molecule has 2 rings (SSSR count). The van der Waals surface area contributed by atoms with Crippen molar-refractivity contribution >= 4 is 45.2 Å². The van der Waals surface area contributed by atoms with Gasteiger partial charge < -0.3 is 10.4 Å². The van der Waals surface area contributed by atoms with Gasteiger partial charge in [0.2, 0.25) is 0 Å². The lowest BCUT2D eigenvalue weighted by Crippen LogP contribution is -1.99. The van der Waals surface area contributed by atoms with Crippen LogP contribution in [0.25, 0.3) is 0 Å². The summed E-state index contributed by atoms with van der Waals surface area (Å²) in [6.07, 6.45) is 0. The lowest BCUT2D eigenvalue weighted by Gasteiger charge is -2.00. The third kappa shape index (κ3) is 2.51. The van der Waals surface area contributed by atoms with E-state index in [1.165, 1.54) is 18.3 Å². The van der Waals surface area contributed by atoms with Crippen molar-refractivity contribution in [3.63, 3.8) is 0 Å². The SMILES string of the molecule is CC(=O)c1csc(Nc2ccsc2C(=O)O)n1. The normalized spacial score (nSPS) is 10.2. The summed E-state index contributed by atoms with van der Waals surface area (Å²) in [5, 5.41) is 15.7. The molecule has 5 nitrogen and oxygen atoms in total. The predicted octanol–water partition coefficient (Wildman–Crippen LogP) is 2.85. The first-order valence-electron chi connectivity index (χ1n) is 4.62. The molecule has 0 unspecified atom stereocenters. The Labute approximate surface area is 105 Å². The number of aromatic carboxylic acids is 1. The van der Waals surface area contributed by atoms with E-state index in [0.717, 1.165) is 11.3 Å². The van der Waals surface area contributed by atoms with Crippen LogP contribution in [0.3, 0.4) is 0 Å². The van der Waals surface area contributed by atoms with Gasteiger partial charge in [0.1, 0.15) is 10.6 Å². The zero-order chi connectivity index (χ0) is 12.4. The fourth-order valence-corrected chi connectivity index (χ4v) is 2.63. The Morgan fingerprint density at radius 3 is 2.76 bits per heavy atom. The smallest absolute Gasteiger partial charge is 0.348 e. The van der Waals surface area contributed by atoms with Gasteiger partial charge in [-0.2, -0.15) is 0 Å². The van der Waals surface area contributed by atoms with E-state index < -0.39 is 5.97 Å². The van der Waals surface area contributed by atoms with Crippen LogP contribution in [0, 0.1) is 0 Å². The number of carboxylic acids is 1. The Morgan fingerprint density at radius 2 is 2.18 bits per heavy atom. The monoisotopic (exact) mass is 268 g/mol. The van der Waals surface area contributed by atoms with Crippen LogP contribution in [0.4, 0.5) is 10.8 Å². The van der Waals surface area contributed by atoms with Crippen LogP contribution in [0.2, 0.25) is 0 Å². The number of anilines is 2. The van der Waals surface area contributed by atoms with E-state index in [-0.39, 0.29) is 10.7 Å². The molecule has 0 atom stereocenters. The van der Waals surface area contributed by atoms with Gasteiger partial charge >= 0.3 is 5.97 Å². The number of hydrogen-bond acceptors (Lipinski definition) is 6. The molecule has 0 saturated heterocycles. The molecule has 0 aliphatic carbocycles. The fraction of sp³-hybridized carbons (Fsp3) is 0.100. The fourth-order valence-electron chi connectivity index (χ4n) is 1.18. The lowest BCUT2D eigenvalue weighted by atomic mass is 10.3. The van der Waals surface area contributed by atoms with Crippen molar-refractivity contribution in [1.29, 1.82) is 0 Å². The van der Waals surface area contributed by atoms with Gasteiger partial charge in [-0.15, -0.1) is 22.7 Å². The van der Waals surface area contributed by atoms with Crippen molar-refractivity contribution < 1.29 is 14.7 Å². The number of nitrogens with one attached hydrogen (secondary N) is 1. The van der Waals surface area contributed by atoms with Crippen LogP contribution in [0.15, 0.2) is 16.8 Å². The molecule has 0 fully saturated rings. The minimum absolute atomic E-state index is 0.113. The Bertz CT molecular complexity index is 574. The predicted molar refractivity (Wildman–Crippen MR) is 66.7 cm³/mol. The maximum Gasteiger partial charge on any atom is 0.348 e. The minimum Gasteiger partial charge on any atom is -0.477 e. The first-order valence-corrected chi connectivity index (χ1v) is 6.38. The first-order chi connectivity index (χ1) is 8.08.